The largest absolute Gasteiger partial charge is 0.387 e. The molecule has 1 aromatic carbocycles. The van der Waals surface area contributed by atoms with E-state index in [0.717, 1.165) is 11.3 Å². The first-order chi connectivity index (χ1) is 15.2. The lowest BCUT2D eigenvalue weighted by Gasteiger charge is -2.20. The Hall–Kier alpha value is -2.93. The summed E-state index contributed by atoms with van der Waals surface area (Å²) in [4.78, 5) is 22.8. The molecule has 1 heterocycles. The summed E-state index contributed by atoms with van der Waals surface area (Å²) < 4.78 is 0. The SMILES string of the molecule is CCNC(=NCC(=O)N(C)CCc1ccccn1)NCC(O)c1ccc(C(C)(C)C)cc1. The van der Waals surface area contributed by atoms with E-state index in [1.807, 2.05) is 37.3 Å². The minimum absolute atomic E-state index is 0.0322. The number of carbonyl (C=O) groups excluding carboxylic acids is 1. The molecule has 7 nitrogen and oxygen atoms in total. The first-order valence-corrected chi connectivity index (χ1v) is 11.1. The number of carbonyl (C=O) groups is 1. The molecule has 0 radical (unpaired) electrons. The van der Waals surface area contributed by atoms with Crippen molar-refractivity contribution in [1.82, 2.24) is 20.5 Å². The fourth-order valence-electron chi connectivity index (χ4n) is 3.08. The van der Waals surface area contributed by atoms with Gasteiger partial charge in [0.05, 0.1) is 6.10 Å². The van der Waals surface area contributed by atoms with Crippen LogP contribution in [0.25, 0.3) is 0 Å². The Morgan fingerprint density at radius 3 is 2.47 bits per heavy atom. The molecule has 1 unspecified atom stereocenters. The minimum Gasteiger partial charge on any atom is -0.387 e. The van der Waals surface area contributed by atoms with Crippen LogP contribution < -0.4 is 10.6 Å². The van der Waals surface area contributed by atoms with E-state index in [1.165, 1.54) is 5.56 Å². The van der Waals surface area contributed by atoms with Gasteiger partial charge in [-0.15, -0.1) is 0 Å². The average molecular weight is 440 g/mol. The molecule has 174 valence electrons. The van der Waals surface area contributed by atoms with Crippen molar-refractivity contribution in [3.8, 4) is 0 Å². The predicted molar refractivity (Wildman–Crippen MR) is 130 cm³/mol. The zero-order valence-corrected chi connectivity index (χ0v) is 19.9. The molecule has 32 heavy (non-hydrogen) atoms. The van der Waals surface area contributed by atoms with Gasteiger partial charge < -0.3 is 20.6 Å². The van der Waals surface area contributed by atoms with Gasteiger partial charge >= 0.3 is 0 Å². The fraction of sp³-hybridized carbons (Fsp3) is 0.480. The maximum atomic E-state index is 12.4. The summed E-state index contributed by atoms with van der Waals surface area (Å²) in [6.07, 6.45) is 1.78. The van der Waals surface area contributed by atoms with E-state index in [1.54, 1.807) is 18.1 Å². The van der Waals surface area contributed by atoms with Gasteiger partial charge in [0, 0.05) is 45.0 Å². The van der Waals surface area contributed by atoms with Crippen LogP contribution in [0.3, 0.4) is 0 Å². The lowest BCUT2D eigenvalue weighted by Crippen LogP contribution is -2.40. The molecular weight excluding hydrogens is 402 g/mol. The molecule has 0 aliphatic carbocycles. The number of amides is 1. The van der Waals surface area contributed by atoms with Crippen LogP contribution in [-0.4, -0.2) is 60.1 Å². The van der Waals surface area contributed by atoms with E-state index in [-0.39, 0.29) is 17.9 Å². The minimum atomic E-state index is -0.676. The number of aliphatic imine (C=N–C) groups is 1. The molecule has 0 bridgehead atoms. The number of benzene rings is 1. The lowest BCUT2D eigenvalue weighted by molar-refractivity contribution is -0.128. The molecule has 1 aromatic heterocycles. The van der Waals surface area contributed by atoms with Crippen LogP contribution in [-0.2, 0) is 16.6 Å². The fourth-order valence-corrected chi connectivity index (χ4v) is 3.08. The molecule has 0 aliphatic rings. The normalized spacial score (nSPS) is 12.9. The van der Waals surface area contributed by atoms with Gasteiger partial charge in [-0.3, -0.25) is 9.78 Å². The molecule has 0 saturated heterocycles. The summed E-state index contributed by atoms with van der Waals surface area (Å²) >= 11 is 0. The van der Waals surface area contributed by atoms with Gasteiger partial charge in [-0.05, 0) is 35.6 Å². The number of hydrogen-bond donors (Lipinski definition) is 3. The molecule has 2 aromatic rings. The highest BCUT2D eigenvalue weighted by Crippen LogP contribution is 2.23. The third-order valence-electron chi connectivity index (χ3n) is 5.20. The molecule has 1 amide bonds. The second-order valence-corrected chi connectivity index (χ2v) is 8.85. The van der Waals surface area contributed by atoms with Gasteiger partial charge in [0.15, 0.2) is 5.96 Å². The second kappa shape index (κ2) is 12.2. The average Bonchev–Trinajstić information content (AvgIpc) is 2.79. The van der Waals surface area contributed by atoms with Crippen molar-refractivity contribution in [2.75, 3.05) is 33.2 Å². The van der Waals surface area contributed by atoms with Crippen LogP contribution in [0.4, 0.5) is 0 Å². The molecule has 0 aliphatic heterocycles. The summed E-state index contributed by atoms with van der Waals surface area (Å²) in [5.74, 6) is 0.431. The third kappa shape index (κ3) is 8.30. The van der Waals surface area contributed by atoms with Crippen molar-refractivity contribution in [2.24, 2.45) is 4.99 Å². The van der Waals surface area contributed by atoms with Gasteiger partial charge in [0.25, 0.3) is 0 Å². The highest BCUT2D eigenvalue weighted by molar-refractivity contribution is 5.84. The van der Waals surface area contributed by atoms with Crippen molar-refractivity contribution < 1.29 is 9.90 Å². The Bertz CT molecular complexity index is 860. The molecule has 7 heteroatoms. The number of hydrogen-bond acceptors (Lipinski definition) is 4. The van der Waals surface area contributed by atoms with Crippen molar-refractivity contribution in [1.29, 1.82) is 0 Å². The highest BCUT2D eigenvalue weighted by Gasteiger charge is 2.15. The number of rotatable bonds is 9. The van der Waals surface area contributed by atoms with E-state index >= 15 is 0 Å². The van der Waals surface area contributed by atoms with Crippen molar-refractivity contribution in [2.45, 2.75) is 45.6 Å². The van der Waals surface area contributed by atoms with E-state index in [4.69, 9.17) is 0 Å². The van der Waals surface area contributed by atoms with Crippen LogP contribution >= 0.6 is 0 Å². The molecule has 0 fully saturated rings. The monoisotopic (exact) mass is 439 g/mol. The number of aliphatic hydroxyl groups excluding tert-OH is 1. The highest BCUT2D eigenvalue weighted by atomic mass is 16.3. The van der Waals surface area contributed by atoms with Crippen LogP contribution in [0.5, 0.6) is 0 Å². The first-order valence-electron chi connectivity index (χ1n) is 11.1. The Morgan fingerprint density at radius 2 is 1.88 bits per heavy atom. The zero-order chi connectivity index (χ0) is 23.6. The number of nitrogens with zero attached hydrogens (tertiary/aromatic N) is 3. The van der Waals surface area contributed by atoms with E-state index in [9.17, 15) is 9.90 Å². The molecule has 1 atom stereocenters. The second-order valence-electron chi connectivity index (χ2n) is 8.85. The number of pyridine rings is 1. The van der Waals surface area contributed by atoms with E-state index in [0.29, 0.717) is 32.0 Å². The van der Waals surface area contributed by atoms with Crippen molar-refractivity contribution in [3.63, 3.8) is 0 Å². The molecule has 2 rings (SSSR count). The number of guanidine groups is 1. The van der Waals surface area contributed by atoms with Gasteiger partial charge in [-0.1, -0.05) is 51.1 Å². The predicted octanol–water partition coefficient (Wildman–Crippen LogP) is 2.67. The summed E-state index contributed by atoms with van der Waals surface area (Å²) in [5, 5.41) is 16.8. The van der Waals surface area contributed by atoms with Crippen LogP contribution in [0.2, 0.25) is 0 Å². The Balaban J connectivity index is 1.86. The van der Waals surface area contributed by atoms with Crippen molar-refractivity contribution in [3.05, 3.63) is 65.5 Å². The number of aromatic nitrogens is 1. The summed E-state index contributed by atoms with van der Waals surface area (Å²) in [7, 11) is 1.77. The standard InChI is InChI=1S/C25H37N5O2/c1-6-26-24(28-17-22(31)19-10-12-20(13-11-19)25(2,3)4)29-18-23(32)30(5)16-14-21-9-7-8-15-27-21/h7-13,15,22,31H,6,14,16-18H2,1-5H3,(H2,26,28,29). The summed E-state index contributed by atoms with van der Waals surface area (Å²) in [6, 6.07) is 13.8. The molecule has 0 spiro atoms. The van der Waals surface area contributed by atoms with E-state index < -0.39 is 6.10 Å². The van der Waals surface area contributed by atoms with Gasteiger partial charge in [-0.2, -0.15) is 0 Å². The van der Waals surface area contributed by atoms with Gasteiger partial charge in [-0.25, -0.2) is 4.99 Å². The molecule has 0 saturated carbocycles. The van der Waals surface area contributed by atoms with E-state index in [2.05, 4.69) is 53.5 Å². The van der Waals surface area contributed by atoms with Crippen LogP contribution in [0, 0.1) is 0 Å². The Kier molecular flexibility index (Phi) is 9.65. The first kappa shape index (κ1) is 25.3. The topological polar surface area (TPSA) is 89.9 Å². The van der Waals surface area contributed by atoms with Crippen LogP contribution in [0.15, 0.2) is 53.7 Å². The van der Waals surface area contributed by atoms with Crippen LogP contribution in [0.1, 0.15) is 50.6 Å². The van der Waals surface area contributed by atoms with Gasteiger partial charge in [0.1, 0.15) is 6.54 Å². The van der Waals surface area contributed by atoms with Gasteiger partial charge in [0.2, 0.25) is 5.91 Å². The summed E-state index contributed by atoms with van der Waals surface area (Å²) in [5.41, 5.74) is 3.09. The third-order valence-corrected chi connectivity index (χ3v) is 5.20. The smallest absolute Gasteiger partial charge is 0.244 e. The number of aliphatic hydroxyl groups is 1. The quantitative estimate of drug-likeness (QED) is 0.413. The molecular formula is C25H37N5O2. The number of nitrogens with one attached hydrogen (secondary N) is 2. The lowest BCUT2D eigenvalue weighted by atomic mass is 9.86. The Morgan fingerprint density at radius 1 is 1.16 bits per heavy atom. The molecule has 3 N–H and O–H groups in total. The maximum Gasteiger partial charge on any atom is 0.244 e. The number of likely N-dealkylation sites (N-methyl/N-ethyl adjacent to an activating group) is 1. The Labute approximate surface area is 192 Å². The zero-order valence-electron chi connectivity index (χ0n) is 19.9. The maximum absolute atomic E-state index is 12.4. The summed E-state index contributed by atoms with van der Waals surface area (Å²) in [6.45, 7) is 10.0. The van der Waals surface area contributed by atoms with Crippen molar-refractivity contribution >= 4 is 11.9 Å².